The van der Waals surface area contributed by atoms with Crippen LogP contribution in [0.1, 0.15) is 12.8 Å². The van der Waals surface area contributed by atoms with Gasteiger partial charge in [0.25, 0.3) is 0 Å². The highest BCUT2D eigenvalue weighted by Crippen LogP contribution is 2.12. The van der Waals surface area contributed by atoms with Crippen LogP contribution < -0.4 is 5.32 Å². The zero-order valence-corrected chi connectivity index (χ0v) is 5.80. The Kier molecular flexibility index (Phi) is 2.31. The highest BCUT2D eigenvalue weighted by molar-refractivity contribution is 5.03. The molecule has 0 aromatic heterocycles. The summed E-state index contributed by atoms with van der Waals surface area (Å²) in [5, 5.41) is 11.6. The zero-order chi connectivity index (χ0) is 7.40. The summed E-state index contributed by atoms with van der Waals surface area (Å²) in [6, 6.07) is 2.42. The van der Waals surface area contributed by atoms with Gasteiger partial charge in [0.15, 0.2) is 0 Å². The van der Waals surface area contributed by atoms with Crippen molar-refractivity contribution in [2.24, 2.45) is 5.92 Å². The summed E-state index contributed by atoms with van der Waals surface area (Å²) in [6.45, 7) is 0.755. The fourth-order valence-electron chi connectivity index (χ4n) is 1.11. The molecule has 0 aliphatic carbocycles. The van der Waals surface area contributed by atoms with Crippen LogP contribution >= 0.6 is 0 Å². The lowest BCUT2D eigenvalue weighted by atomic mass is 9.96. The molecule has 10 heavy (non-hydrogen) atoms. The van der Waals surface area contributed by atoms with Crippen molar-refractivity contribution in [3.05, 3.63) is 0 Å². The summed E-state index contributed by atoms with van der Waals surface area (Å²) in [5.41, 5.74) is 0. The normalized spacial score (nSPS) is 32.2. The van der Waals surface area contributed by atoms with Gasteiger partial charge in [-0.05, 0) is 12.8 Å². The van der Waals surface area contributed by atoms with Crippen molar-refractivity contribution in [2.45, 2.75) is 18.9 Å². The predicted molar refractivity (Wildman–Crippen MR) is 39.0 cm³/mol. The van der Waals surface area contributed by atoms with Gasteiger partial charge in [0.05, 0.1) is 18.0 Å². The van der Waals surface area contributed by atoms with Crippen LogP contribution in [0.3, 0.4) is 0 Å². The van der Waals surface area contributed by atoms with E-state index < -0.39 is 0 Å². The van der Waals surface area contributed by atoms with Crippen LogP contribution in [0.5, 0.6) is 0 Å². The summed E-state index contributed by atoms with van der Waals surface area (Å²) in [7, 11) is 0. The molecule has 1 saturated heterocycles. The van der Waals surface area contributed by atoms with Gasteiger partial charge in [-0.1, -0.05) is 5.92 Å². The molecule has 0 unspecified atom stereocenters. The van der Waals surface area contributed by atoms with Crippen LogP contribution in [0.15, 0.2) is 0 Å². The predicted octanol–water partition coefficient (Wildman–Crippen LogP) is 0.511. The van der Waals surface area contributed by atoms with Crippen molar-refractivity contribution in [1.82, 2.24) is 5.32 Å². The molecule has 0 amide bonds. The molecule has 1 aliphatic heterocycles. The van der Waals surface area contributed by atoms with Gasteiger partial charge in [-0.15, -0.1) is 6.42 Å². The van der Waals surface area contributed by atoms with Gasteiger partial charge in [-0.25, -0.2) is 0 Å². The lowest BCUT2D eigenvalue weighted by molar-refractivity contribution is 0.403. The summed E-state index contributed by atoms with van der Waals surface area (Å²) in [6.07, 6.45) is 7.08. The molecule has 0 aromatic rings. The highest BCUT2D eigenvalue weighted by Gasteiger charge is 2.17. The van der Waals surface area contributed by atoms with E-state index in [2.05, 4.69) is 17.3 Å². The van der Waals surface area contributed by atoms with Gasteiger partial charge < -0.3 is 5.32 Å². The lowest BCUT2D eigenvalue weighted by Gasteiger charge is -2.21. The second-order valence-corrected chi connectivity index (χ2v) is 2.53. The van der Waals surface area contributed by atoms with E-state index in [9.17, 15) is 0 Å². The smallest absolute Gasteiger partial charge is 0.0687 e. The second-order valence-electron chi connectivity index (χ2n) is 2.53. The maximum Gasteiger partial charge on any atom is 0.0687 e. The largest absolute Gasteiger partial charge is 0.302 e. The first-order chi connectivity index (χ1) is 4.86. The minimum Gasteiger partial charge on any atom is -0.302 e. The Balaban J connectivity index is 2.34. The molecular weight excluding hydrogens is 124 g/mol. The Morgan fingerprint density at radius 3 is 2.70 bits per heavy atom. The van der Waals surface area contributed by atoms with Crippen molar-refractivity contribution >= 4 is 0 Å². The van der Waals surface area contributed by atoms with E-state index >= 15 is 0 Å². The summed E-state index contributed by atoms with van der Waals surface area (Å²) < 4.78 is 0. The van der Waals surface area contributed by atoms with Crippen LogP contribution in [0.25, 0.3) is 0 Å². The van der Waals surface area contributed by atoms with Crippen molar-refractivity contribution in [2.75, 3.05) is 6.54 Å². The summed E-state index contributed by atoms with van der Waals surface area (Å²) >= 11 is 0. The van der Waals surface area contributed by atoms with Crippen LogP contribution in [0.4, 0.5) is 0 Å². The average Bonchev–Trinajstić information content (AvgIpc) is 2.05. The zero-order valence-electron chi connectivity index (χ0n) is 5.80. The molecule has 1 aliphatic rings. The maximum atomic E-state index is 8.51. The third kappa shape index (κ3) is 1.50. The van der Waals surface area contributed by atoms with Crippen molar-refractivity contribution in [3.63, 3.8) is 0 Å². The van der Waals surface area contributed by atoms with Crippen LogP contribution in [0, 0.1) is 29.6 Å². The number of hydrogen-bond acceptors (Lipinski definition) is 2. The van der Waals surface area contributed by atoms with Crippen LogP contribution in [-0.2, 0) is 0 Å². The second kappa shape index (κ2) is 3.25. The Morgan fingerprint density at radius 1 is 1.50 bits per heavy atom. The van der Waals surface area contributed by atoms with Crippen molar-refractivity contribution < 1.29 is 0 Å². The monoisotopic (exact) mass is 134 g/mol. The molecule has 1 heterocycles. The number of piperidine rings is 1. The third-order valence-corrected chi connectivity index (χ3v) is 1.80. The van der Waals surface area contributed by atoms with Gasteiger partial charge >= 0.3 is 0 Å². The SMILES string of the molecule is C#C[C@@H]1CC[C@@H](C#N)CN1. The first-order valence-electron chi connectivity index (χ1n) is 3.46. The van der Waals surface area contributed by atoms with Crippen LogP contribution in [-0.4, -0.2) is 12.6 Å². The van der Waals surface area contributed by atoms with Gasteiger partial charge in [0, 0.05) is 6.54 Å². The van der Waals surface area contributed by atoms with Gasteiger partial charge in [-0.3, -0.25) is 0 Å². The molecule has 1 N–H and O–H groups in total. The minimum absolute atomic E-state index is 0.171. The van der Waals surface area contributed by atoms with Gasteiger partial charge in [0.1, 0.15) is 0 Å². The van der Waals surface area contributed by atoms with E-state index in [1.54, 1.807) is 0 Å². The number of nitrogens with one attached hydrogen (secondary N) is 1. The van der Waals surface area contributed by atoms with E-state index in [0.717, 1.165) is 19.4 Å². The first kappa shape index (κ1) is 7.12. The molecule has 0 spiro atoms. The summed E-state index contributed by atoms with van der Waals surface area (Å²) in [4.78, 5) is 0. The number of rotatable bonds is 0. The van der Waals surface area contributed by atoms with E-state index in [0.29, 0.717) is 0 Å². The molecule has 2 heteroatoms. The molecule has 2 atom stereocenters. The Hall–Kier alpha value is -0.990. The van der Waals surface area contributed by atoms with Gasteiger partial charge in [-0.2, -0.15) is 5.26 Å². The fourth-order valence-corrected chi connectivity index (χ4v) is 1.11. The topological polar surface area (TPSA) is 35.8 Å². The number of nitriles is 1. The fraction of sp³-hybridized carbons (Fsp3) is 0.625. The van der Waals surface area contributed by atoms with E-state index in [1.807, 2.05) is 0 Å². The molecule has 0 bridgehead atoms. The Labute approximate surface area is 61.2 Å². The number of hydrogen-bond donors (Lipinski definition) is 1. The molecule has 0 saturated carbocycles. The molecule has 0 radical (unpaired) electrons. The molecule has 0 aromatic carbocycles. The average molecular weight is 134 g/mol. The maximum absolute atomic E-state index is 8.51. The number of nitrogens with zero attached hydrogens (tertiary/aromatic N) is 1. The molecule has 1 fully saturated rings. The summed E-state index contributed by atoms with van der Waals surface area (Å²) in [5.74, 6) is 2.80. The van der Waals surface area contributed by atoms with E-state index in [-0.39, 0.29) is 12.0 Å². The lowest BCUT2D eigenvalue weighted by Crippen LogP contribution is -2.37. The Morgan fingerprint density at radius 2 is 2.30 bits per heavy atom. The van der Waals surface area contributed by atoms with Gasteiger partial charge in [0.2, 0.25) is 0 Å². The molecule has 2 nitrogen and oxygen atoms in total. The van der Waals surface area contributed by atoms with E-state index in [4.69, 9.17) is 11.7 Å². The molecular formula is C8H10N2. The number of terminal acetylenes is 1. The standard InChI is InChI=1S/C8H10N2/c1-2-8-4-3-7(5-9)6-10-8/h1,7-8,10H,3-4,6H2/t7-,8+/m0/s1. The third-order valence-electron chi connectivity index (χ3n) is 1.80. The molecule has 1 rings (SSSR count). The quantitative estimate of drug-likeness (QED) is 0.490. The Bertz CT molecular complexity index is 154. The van der Waals surface area contributed by atoms with Crippen molar-refractivity contribution in [3.8, 4) is 18.4 Å². The minimum atomic E-state index is 0.171. The van der Waals surface area contributed by atoms with E-state index in [1.165, 1.54) is 0 Å². The first-order valence-corrected chi connectivity index (χ1v) is 3.46. The highest BCUT2D eigenvalue weighted by atomic mass is 14.9. The van der Waals surface area contributed by atoms with Crippen LogP contribution in [0.2, 0.25) is 0 Å². The van der Waals surface area contributed by atoms with Crippen molar-refractivity contribution in [1.29, 1.82) is 5.26 Å². The molecule has 52 valence electrons.